The number of methoxy groups -OCH3 is 1. The molecule has 0 spiro atoms. The van der Waals surface area contributed by atoms with E-state index in [1.165, 1.54) is 5.48 Å². The zero-order valence-electron chi connectivity index (χ0n) is 14.7. The summed E-state index contributed by atoms with van der Waals surface area (Å²) < 4.78 is 36.3. The highest BCUT2D eigenvalue weighted by Gasteiger charge is 2.41. The van der Waals surface area contributed by atoms with Crippen LogP contribution in [0.1, 0.15) is 12.0 Å². The Hall–Kier alpha value is -2.62. The number of hydroxylamine groups is 1. The molecule has 144 valence electrons. The molecule has 3 rings (SSSR count). The van der Waals surface area contributed by atoms with Crippen LogP contribution < -0.4 is 15.0 Å². The molecule has 0 bridgehead atoms. The molecule has 0 aliphatic carbocycles. The predicted molar refractivity (Wildman–Crippen MR) is 97.2 cm³/mol. The molecule has 1 fully saturated rings. The number of amides is 1. The molecular formula is C18H20N2O6S. The van der Waals surface area contributed by atoms with Crippen LogP contribution in [0.3, 0.4) is 0 Å². The second kappa shape index (κ2) is 7.95. The van der Waals surface area contributed by atoms with Crippen molar-refractivity contribution < 1.29 is 27.9 Å². The first-order valence-corrected chi connectivity index (χ1v) is 9.88. The Labute approximate surface area is 157 Å². The highest BCUT2D eigenvalue weighted by atomic mass is 32.2. The van der Waals surface area contributed by atoms with Crippen molar-refractivity contribution in [3.63, 3.8) is 0 Å². The first-order chi connectivity index (χ1) is 12.9. The maximum Gasteiger partial charge on any atom is 0.261 e. The Bertz CT molecular complexity index is 896. The van der Waals surface area contributed by atoms with Crippen LogP contribution >= 0.6 is 0 Å². The van der Waals surface area contributed by atoms with Gasteiger partial charge in [0.05, 0.1) is 12.9 Å². The maximum atomic E-state index is 12.2. The van der Waals surface area contributed by atoms with Crippen LogP contribution in [-0.2, 0) is 21.4 Å². The van der Waals surface area contributed by atoms with E-state index in [-0.39, 0.29) is 18.7 Å². The molecule has 2 N–H and O–H groups in total. The maximum absolute atomic E-state index is 12.2. The second-order valence-electron chi connectivity index (χ2n) is 6.06. The fraction of sp³-hybridized carbons (Fsp3) is 0.278. The van der Waals surface area contributed by atoms with E-state index in [9.17, 15) is 13.2 Å². The van der Waals surface area contributed by atoms with E-state index in [1.54, 1.807) is 55.6 Å². The molecular weight excluding hydrogens is 372 g/mol. The van der Waals surface area contributed by atoms with Crippen molar-refractivity contribution in [1.82, 2.24) is 9.79 Å². The quantitative estimate of drug-likeness (QED) is 0.575. The van der Waals surface area contributed by atoms with Crippen molar-refractivity contribution in [2.45, 2.75) is 19.0 Å². The molecule has 1 aliphatic heterocycles. The minimum absolute atomic E-state index is 0.0449. The molecule has 0 saturated carbocycles. The molecule has 2 aromatic rings. The minimum Gasteiger partial charge on any atom is -0.497 e. The summed E-state index contributed by atoms with van der Waals surface area (Å²) in [6.07, 6.45) is 0.146. The molecule has 1 atom stereocenters. The van der Waals surface area contributed by atoms with Crippen molar-refractivity contribution in [3.8, 4) is 17.2 Å². The topological polar surface area (TPSA) is 105 Å². The van der Waals surface area contributed by atoms with Gasteiger partial charge in [-0.1, -0.05) is 12.1 Å². The third-order valence-electron chi connectivity index (χ3n) is 4.32. The van der Waals surface area contributed by atoms with Gasteiger partial charge in [0.1, 0.15) is 23.3 Å². The van der Waals surface area contributed by atoms with Crippen LogP contribution in [0.25, 0.3) is 0 Å². The average Bonchev–Trinajstić information content (AvgIpc) is 2.98. The summed E-state index contributed by atoms with van der Waals surface area (Å²) in [4.78, 5) is 11.7. The highest BCUT2D eigenvalue weighted by molar-refractivity contribution is 7.89. The van der Waals surface area contributed by atoms with Gasteiger partial charge in [0.25, 0.3) is 5.91 Å². The van der Waals surface area contributed by atoms with Gasteiger partial charge in [0, 0.05) is 6.54 Å². The molecule has 1 saturated heterocycles. The zero-order valence-corrected chi connectivity index (χ0v) is 15.5. The van der Waals surface area contributed by atoms with Crippen LogP contribution in [0, 0.1) is 0 Å². The smallest absolute Gasteiger partial charge is 0.261 e. The Morgan fingerprint density at radius 3 is 2.22 bits per heavy atom. The fourth-order valence-electron chi connectivity index (χ4n) is 2.88. The first-order valence-electron chi connectivity index (χ1n) is 8.27. The molecule has 1 amide bonds. The second-order valence-corrected chi connectivity index (χ2v) is 8.10. The van der Waals surface area contributed by atoms with E-state index < -0.39 is 22.0 Å². The largest absolute Gasteiger partial charge is 0.497 e. The molecule has 0 unspecified atom stereocenters. The van der Waals surface area contributed by atoms with Gasteiger partial charge >= 0.3 is 0 Å². The van der Waals surface area contributed by atoms with Crippen LogP contribution in [0.2, 0.25) is 0 Å². The zero-order chi connectivity index (χ0) is 19.4. The number of benzene rings is 2. The van der Waals surface area contributed by atoms with Crippen LogP contribution in [0.4, 0.5) is 0 Å². The van der Waals surface area contributed by atoms with Crippen LogP contribution in [-0.4, -0.2) is 42.7 Å². The summed E-state index contributed by atoms with van der Waals surface area (Å²) in [5.74, 6) is 1.12. The van der Waals surface area contributed by atoms with Crippen molar-refractivity contribution in [2.75, 3.05) is 12.9 Å². The third kappa shape index (κ3) is 4.38. The molecule has 0 aromatic heterocycles. The number of nitrogens with zero attached hydrogens (tertiary/aromatic N) is 1. The molecule has 0 radical (unpaired) electrons. The van der Waals surface area contributed by atoms with Crippen molar-refractivity contribution in [2.24, 2.45) is 0 Å². The minimum atomic E-state index is -3.54. The summed E-state index contributed by atoms with van der Waals surface area (Å²) in [6, 6.07) is 13.1. The van der Waals surface area contributed by atoms with E-state index >= 15 is 0 Å². The Balaban J connectivity index is 1.70. The number of carbonyl (C=O) groups is 1. The normalized spacial score (nSPS) is 18.8. The van der Waals surface area contributed by atoms with E-state index in [0.717, 1.165) is 10.1 Å². The number of ether oxygens (including phenoxy) is 2. The van der Waals surface area contributed by atoms with Gasteiger partial charge in [-0.05, 0) is 48.4 Å². The van der Waals surface area contributed by atoms with Crippen molar-refractivity contribution in [1.29, 1.82) is 0 Å². The lowest BCUT2D eigenvalue weighted by atomic mass is 10.1. The Kier molecular flexibility index (Phi) is 5.64. The van der Waals surface area contributed by atoms with Gasteiger partial charge < -0.3 is 9.47 Å². The molecule has 9 heteroatoms. The standard InChI is InChI=1S/C18H20N2O6S/c1-25-14-6-8-16(9-7-14)26-15-4-2-13(3-5-15)12-20-17(18(21)19-22)10-11-27(20,23)24/h2-9,17,22H,10-12H2,1H3,(H,19,21)/t17-/m0/s1. The predicted octanol–water partition coefficient (Wildman–Crippen LogP) is 1.90. The van der Waals surface area contributed by atoms with Crippen LogP contribution in [0.5, 0.6) is 17.2 Å². The van der Waals surface area contributed by atoms with Gasteiger partial charge in [-0.15, -0.1) is 0 Å². The van der Waals surface area contributed by atoms with Crippen molar-refractivity contribution in [3.05, 3.63) is 54.1 Å². The molecule has 1 heterocycles. The summed E-state index contributed by atoms with van der Waals surface area (Å²) in [7, 11) is -1.95. The summed E-state index contributed by atoms with van der Waals surface area (Å²) in [6.45, 7) is 0.0449. The number of sulfonamides is 1. The van der Waals surface area contributed by atoms with Crippen LogP contribution in [0.15, 0.2) is 48.5 Å². The lowest BCUT2D eigenvalue weighted by Gasteiger charge is -2.21. The SMILES string of the molecule is COc1ccc(Oc2ccc(CN3[C@H](C(=O)NO)CCS3(=O)=O)cc2)cc1. The van der Waals surface area contributed by atoms with E-state index in [1.807, 2.05) is 0 Å². The van der Waals surface area contributed by atoms with E-state index in [2.05, 4.69) is 0 Å². The summed E-state index contributed by atoms with van der Waals surface area (Å²) >= 11 is 0. The molecule has 2 aromatic carbocycles. The molecule has 1 aliphatic rings. The Morgan fingerprint density at radius 2 is 1.67 bits per heavy atom. The van der Waals surface area contributed by atoms with Gasteiger partial charge in [-0.25, -0.2) is 13.9 Å². The molecule has 8 nitrogen and oxygen atoms in total. The number of hydrogen-bond acceptors (Lipinski definition) is 6. The summed E-state index contributed by atoms with van der Waals surface area (Å²) in [5, 5.41) is 8.81. The third-order valence-corrected chi connectivity index (χ3v) is 6.17. The lowest BCUT2D eigenvalue weighted by Crippen LogP contribution is -2.43. The molecule has 27 heavy (non-hydrogen) atoms. The number of carbonyl (C=O) groups excluding carboxylic acids is 1. The number of rotatable bonds is 6. The van der Waals surface area contributed by atoms with Gasteiger partial charge in [0.2, 0.25) is 10.0 Å². The van der Waals surface area contributed by atoms with E-state index in [0.29, 0.717) is 17.1 Å². The van der Waals surface area contributed by atoms with Gasteiger partial charge in [0.15, 0.2) is 0 Å². The lowest BCUT2D eigenvalue weighted by molar-refractivity contribution is -0.133. The fourth-order valence-corrected chi connectivity index (χ4v) is 4.57. The average molecular weight is 392 g/mol. The highest BCUT2D eigenvalue weighted by Crippen LogP contribution is 2.27. The van der Waals surface area contributed by atoms with Crippen molar-refractivity contribution >= 4 is 15.9 Å². The van der Waals surface area contributed by atoms with E-state index in [4.69, 9.17) is 14.7 Å². The van der Waals surface area contributed by atoms with Gasteiger partial charge in [-0.3, -0.25) is 10.0 Å². The monoisotopic (exact) mass is 392 g/mol. The summed E-state index contributed by atoms with van der Waals surface area (Å²) in [5.41, 5.74) is 2.24. The number of nitrogens with one attached hydrogen (secondary N) is 1. The number of hydrogen-bond donors (Lipinski definition) is 2. The Morgan fingerprint density at radius 1 is 1.11 bits per heavy atom. The van der Waals surface area contributed by atoms with Gasteiger partial charge in [-0.2, -0.15) is 4.31 Å². The first kappa shape index (κ1) is 19.2.